The molecule has 0 bridgehead atoms. The molecule has 0 amide bonds. The van der Waals surface area contributed by atoms with Crippen LogP contribution in [-0.4, -0.2) is 17.6 Å². The van der Waals surface area contributed by atoms with Crippen LogP contribution in [0.3, 0.4) is 0 Å². The first-order valence-electron chi connectivity index (χ1n) is 4.85. The fourth-order valence-electron chi connectivity index (χ4n) is 1.28. The van der Waals surface area contributed by atoms with Crippen LogP contribution in [0.4, 0.5) is 8.78 Å². The third-order valence-electron chi connectivity index (χ3n) is 2.05. The van der Waals surface area contributed by atoms with Crippen LogP contribution < -0.4 is 5.73 Å². The summed E-state index contributed by atoms with van der Waals surface area (Å²) in [4.78, 5) is 15.2. The predicted octanol–water partition coefficient (Wildman–Crippen LogP) is 2.42. The molecule has 0 atom stereocenters. The van der Waals surface area contributed by atoms with Crippen LogP contribution in [-0.2, 0) is 11.3 Å². The lowest BCUT2D eigenvalue weighted by molar-refractivity contribution is 0.0517. The van der Waals surface area contributed by atoms with Crippen LogP contribution in [0.2, 0.25) is 0 Å². The first-order chi connectivity index (χ1) is 8.02. The fourth-order valence-corrected chi connectivity index (χ4v) is 1.97. The Bertz CT molecular complexity index is 427. The highest BCUT2D eigenvalue weighted by atomic mass is 79.9. The van der Waals surface area contributed by atoms with E-state index in [4.69, 9.17) is 10.5 Å². The molecule has 0 aliphatic rings. The minimum atomic E-state index is -2.74. The van der Waals surface area contributed by atoms with Crippen molar-refractivity contribution in [3.63, 3.8) is 0 Å². The van der Waals surface area contributed by atoms with Crippen molar-refractivity contribution in [2.24, 2.45) is 5.73 Å². The quantitative estimate of drug-likeness (QED) is 0.868. The zero-order valence-corrected chi connectivity index (χ0v) is 10.6. The molecule has 0 radical (unpaired) electrons. The number of alkyl halides is 2. The molecule has 1 rings (SSSR count). The molecule has 0 fully saturated rings. The third kappa shape index (κ3) is 2.98. The maximum atomic E-state index is 12.8. The number of rotatable bonds is 4. The Labute approximate surface area is 105 Å². The van der Waals surface area contributed by atoms with Crippen LogP contribution in [0.5, 0.6) is 0 Å². The van der Waals surface area contributed by atoms with E-state index in [-0.39, 0.29) is 34.4 Å². The van der Waals surface area contributed by atoms with Gasteiger partial charge in [0.25, 0.3) is 6.43 Å². The van der Waals surface area contributed by atoms with Gasteiger partial charge in [-0.1, -0.05) is 0 Å². The number of aromatic nitrogens is 1. The molecule has 1 aromatic rings. The summed E-state index contributed by atoms with van der Waals surface area (Å²) in [6.45, 7) is 1.69. The van der Waals surface area contributed by atoms with Gasteiger partial charge in [-0.25, -0.2) is 18.6 Å². The van der Waals surface area contributed by atoms with Crippen molar-refractivity contribution in [3.05, 3.63) is 27.5 Å². The molecule has 0 saturated heterocycles. The second-order valence-electron chi connectivity index (χ2n) is 3.08. The standard InChI is InChI=1S/C10H11BrF2N2O2/c1-2-17-10(16)8-7(11)6(9(12)13)5(3-14)4-15-8/h4,9H,2-3,14H2,1H3. The Balaban J connectivity index is 3.27. The first-order valence-corrected chi connectivity index (χ1v) is 5.64. The van der Waals surface area contributed by atoms with E-state index in [0.29, 0.717) is 0 Å². The molecule has 94 valence electrons. The summed E-state index contributed by atoms with van der Waals surface area (Å²) in [6, 6.07) is 0. The zero-order chi connectivity index (χ0) is 13.0. The molecular formula is C10H11BrF2N2O2. The minimum absolute atomic E-state index is 0.0612. The van der Waals surface area contributed by atoms with E-state index >= 15 is 0 Å². The number of nitrogens with two attached hydrogens (primary N) is 1. The number of nitrogens with zero attached hydrogens (tertiary/aromatic N) is 1. The lowest BCUT2D eigenvalue weighted by atomic mass is 10.1. The number of halogens is 3. The van der Waals surface area contributed by atoms with Gasteiger partial charge in [-0.15, -0.1) is 0 Å². The number of ether oxygens (including phenoxy) is 1. The average molecular weight is 309 g/mol. The van der Waals surface area contributed by atoms with Gasteiger partial charge in [0.15, 0.2) is 5.69 Å². The highest BCUT2D eigenvalue weighted by molar-refractivity contribution is 9.10. The summed E-state index contributed by atoms with van der Waals surface area (Å²) < 4.78 is 30.3. The van der Waals surface area contributed by atoms with Crippen LogP contribution in [0.15, 0.2) is 10.7 Å². The van der Waals surface area contributed by atoms with Gasteiger partial charge < -0.3 is 10.5 Å². The van der Waals surface area contributed by atoms with Crippen molar-refractivity contribution in [3.8, 4) is 0 Å². The van der Waals surface area contributed by atoms with Gasteiger partial charge in [-0.2, -0.15) is 0 Å². The zero-order valence-electron chi connectivity index (χ0n) is 9.04. The van der Waals surface area contributed by atoms with Gasteiger partial charge in [0.05, 0.1) is 11.1 Å². The summed E-state index contributed by atoms with van der Waals surface area (Å²) in [7, 11) is 0. The number of esters is 1. The van der Waals surface area contributed by atoms with Crippen LogP contribution in [0.1, 0.15) is 35.0 Å². The van der Waals surface area contributed by atoms with Gasteiger partial charge in [-0.05, 0) is 28.4 Å². The normalized spacial score (nSPS) is 10.7. The number of pyridine rings is 1. The molecule has 0 aliphatic carbocycles. The van der Waals surface area contributed by atoms with E-state index in [1.165, 1.54) is 6.20 Å². The van der Waals surface area contributed by atoms with Crippen molar-refractivity contribution in [1.82, 2.24) is 4.98 Å². The Morgan fingerprint density at radius 2 is 2.29 bits per heavy atom. The molecule has 0 spiro atoms. The SMILES string of the molecule is CCOC(=O)c1ncc(CN)c(C(F)F)c1Br. The topological polar surface area (TPSA) is 65.2 Å². The van der Waals surface area contributed by atoms with Gasteiger partial charge in [0.2, 0.25) is 0 Å². The second-order valence-corrected chi connectivity index (χ2v) is 3.88. The van der Waals surface area contributed by atoms with E-state index in [0.717, 1.165) is 0 Å². The minimum Gasteiger partial charge on any atom is -0.461 e. The number of carbonyl (C=O) groups is 1. The van der Waals surface area contributed by atoms with Crippen molar-refractivity contribution in [2.45, 2.75) is 19.9 Å². The van der Waals surface area contributed by atoms with Crippen LogP contribution in [0.25, 0.3) is 0 Å². The van der Waals surface area contributed by atoms with Gasteiger partial charge in [0, 0.05) is 18.3 Å². The number of carbonyl (C=O) groups excluding carboxylic acids is 1. The summed E-state index contributed by atoms with van der Waals surface area (Å²) >= 11 is 2.95. The number of hydrogen-bond donors (Lipinski definition) is 1. The van der Waals surface area contributed by atoms with E-state index in [1.54, 1.807) is 6.92 Å². The maximum Gasteiger partial charge on any atom is 0.358 e. The molecular weight excluding hydrogens is 298 g/mol. The van der Waals surface area contributed by atoms with Crippen molar-refractivity contribution >= 4 is 21.9 Å². The second kappa shape index (κ2) is 6.02. The molecule has 7 heteroatoms. The highest BCUT2D eigenvalue weighted by Crippen LogP contribution is 2.32. The molecule has 17 heavy (non-hydrogen) atoms. The summed E-state index contributed by atoms with van der Waals surface area (Å²) in [5.74, 6) is -0.746. The van der Waals surface area contributed by atoms with E-state index in [9.17, 15) is 13.6 Å². The van der Waals surface area contributed by atoms with E-state index in [1.807, 2.05) is 0 Å². The fraction of sp³-hybridized carbons (Fsp3) is 0.400. The average Bonchev–Trinajstić information content (AvgIpc) is 2.27. The van der Waals surface area contributed by atoms with Crippen molar-refractivity contribution in [2.75, 3.05) is 6.61 Å². The van der Waals surface area contributed by atoms with E-state index < -0.39 is 12.4 Å². The molecule has 2 N–H and O–H groups in total. The molecule has 0 saturated carbocycles. The first kappa shape index (κ1) is 14.0. The predicted molar refractivity (Wildman–Crippen MR) is 60.7 cm³/mol. The molecule has 0 aliphatic heterocycles. The lowest BCUT2D eigenvalue weighted by Crippen LogP contribution is -2.12. The van der Waals surface area contributed by atoms with Crippen molar-refractivity contribution in [1.29, 1.82) is 0 Å². The molecule has 1 heterocycles. The third-order valence-corrected chi connectivity index (χ3v) is 2.85. The van der Waals surface area contributed by atoms with Crippen LogP contribution in [0, 0.1) is 0 Å². The smallest absolute Gasteiger partial charge is 0.358 e. The van der Waals surface area contributed by atoms with Gasteiger partial charge in [0.1, 0.15) is 0 Å². The number of hydrogen-bond acceptors (Lipinski definition) is 4. The summed E-state index contributed by atoms with van der Waals surface area (Å²) in [5.41, 5.74) is 5.04. The van der Waals surface area contributed by atoms with Gasteiger partial charge in [-0.3, -0.25) is 0 Å². The highest BCUT2D eigenvalue weighted by Gasteiger charge is 2.23. The Kier molecular flexibility index (Phi) is 4.95. The Morgan fingerprint density at radius 1 is 1.65 bits per heavy atom. The largest absolute Gasteiger partial charge is 0.461 e. The van der Waals surface area contributed by atoms with Gasteiger partial charge >= 0.3 is 5.97 Å². The molecule has 1 aromatic heterocycles. The molecule has 0 unspecified atom stereocenters. The molecule has 0 aromatic carbocycles. The van der Waals surface area contributed by atoms with Crippen molar-refractivity contribution < 1.29 is 18.3 Å². The maximum absolute atomic E-state index is 12.8. The van der Waals surface area contributed by atoms with E-state index in [2.05, 4.69) is 20.9 Å². The Morgan fingerprint density at radius 3 is 2.76 bits per heavy atom. The Hall–Kier alpha value is -1.08. The molecule has 4 nitrogen and oxygen atoms in total. The summed E-state index contributed by atoms with van der Waals surface area (Å²) in [5, 5.41) is 0. The summed E-state index contributed by atoms with van der Waals surface area (Å²) in [6.07, 6.45) is -1.57. The van der Waals surface area contributed by atoms with Crippen LogP contribution >= 0.6 is 15.9 Å². The lowest BCUT2D eigenvalue weighted by Gasteiger charge is -2.11. The monoisotopic (exact) mass is 308 g/mol.